The van der Waals surface area contributed by atoms with Gasteiger partial charge in [0.25, 0.3) is 0 Å². The van der Waals surface area contributed by atoms with Crippen molar-refractivity contribution in [1.29, 1.82) is 5.26 Å². The fourth-order valence-corrected chi connectivity index (χ4v) is 0.869. The summed E-state index contributed by atoms with van der Waals surface area (Å²) in [5.41, 5.74) is 6.31. The summed E-state index contributed by atoms with van der Waals surface area (Å²) in [5, 5.41) is 8.29. The number of hydrogen-bond acceptors (Lipinski definition) is 2. The van der Waals surface area contributed by atoms with Gasteiger partial charge in [0.2, 0.25) is 0 Å². The van der Waals surface area contributed by atoms with Crippen LogP contribution in [0.2, 0.25) is 0 Å². The number of anilines is 1. The molecule has 0 heterocycles. The molecule has 0 fully saturated rings. The molecule has 0 aliphatic carbocycles. The second-order valence-corrected chi connectivity index (χ2v) is 2.23. The van der Waals surface area contributed by atoms with Crippen LogP contribution < -0.4 is 5.73 Å². The first kappa shape index (κ1) is 7.55. The van der Waals surface area contributed by atoms with Crippen LogP contribution in [0.15, 0.2) is 18.2 Å². The van der Waals surface area contributed by atoms with Crippen LogP contribution in [0.4, 0.5) is 10.1 Å². The summed E-state index contributed by atoms with van der Waals surface area (Å²) in [6.45, 7) is 0. The van der Waals surface area contributed by atoms with E-state index in [1.165, 1.54) is 12.1 Å². The van der Waals surface area contributed by atoms with Crippen molar-refractivity contribution in [1.82, 2.24) is 0 Å². The van der Waals surface area contributed by atoms with Crippen LogP contribution in [0, 0.1) is 17.1 Å². The predicted molar refractivity (Wildman–Crippen MR) is 40.1 cm³/mol. The standard InChI is InChI=1S/C8H7FN2/c9-7-3-6(1-2-10)4-8(11)5-7/h3-5H,1,11H2. The molecule has 0 amide bonds. The first-order valence-electron chi connectivity index (χ1n) is 3.14. The second kappa shape index (κ2) is 3.02. The van der Waals surface area contributed by atoms with Crippen LogP contribution in [0.25, 0.3) is 0 Å². The summed E-state index contributed by atoms with van der Waals surface area (Å²) in [5.74, 6) is -0.393. The Labute approximate surface area is 64.1 Å². The number of nitrogens with two attached hydrogens (primary N) is 1. The molecular weight excluding hydrogens is 143 g/mol. The van der Waals surface area contributed by atoms with Crippen molar-refractivity contribution >= 4 is 5.69 Å². The van der Waals surface area contributed by atoms with E-state index in [-0.39, 0.29) is 6.42 Å². The monoisotopic (exact) mass is 150 g/mol. The zero-order valence-electron chi connectivity index (χ0n) is 5.84. The van der Waals surface area contributed by atoms with Crippen LogP contribution in [-0.2, 0) is 6.42 Å². The molecule has 0 aromatic heterocycles. The van der Waals surface area contributed by atoms with Gasteiger partial charge in [-0.3, -0.25) is 0 Å². The summed E-state index contributed by atoms with van der Waals surface area (Å²) in [6, 6.07) is 6.03. The Morgan fingerprint density at radius 3 is 2.73 bits per heavy atom. The number of benzene rings is 1. The highest BCUT2D eigenvalue weighted by atomic mass is 19.1. The van der Waals surface area contributed by atoms with E-state index in [0.717, 1.165) is 0 Å². The Kier molecular flexibility index (Phi) is 2.07. The fraction of sp³-hybridized carbons (Fsp3) is 0.125. The first-order chi connectivity index (χ1) is 5.22. The minimum atomic E-state index is -0.393. The van der Waals surface area contributed by atoms with Gasteiger partial charge in [-0.2, -0.15) is 5.26 Å². The molecule has 0 bridgehead atoms. The lowest BCUT2D eigenvalue weighted by molar-refractivity contribution is 0.627. The van der Waals surface area contributed by atoms with Gasteiger partial charge in [-0.25, -0.2) is 4.39 Å². The van der Waals surface area contributed by atoms with Gasteiger partial charge in [-0.05, 0) is 23.8 Å². The Balaban J connectivity index is 3.01. The lowest BCUT2D eigenvalue weighted by Crippen LogP contribution is -1.90. The van der Waals surface area contributed by atoms with Gasteiger partial charge in [0.1, 0.15) is 5.82 Å². The lowest BCUT2D eigenvalue weighted by atomic mass is 10.1. The normalized spacial score (nSPS) is 9.09. The van der Waals surface area contributed by atoms with Gasteiger partial charge in [-0.1, -0.05) is 0 Å². The van der Waals surface area contributed by atoms with E-state index >= 15 is 0 Å². The summed E-state index contributed by atoms with van der Waals surface area (Å²) in [6.07, 6.45) is 0.196. The Bertz CT molecular complexity index is 281. The number of nitriles is 1. The highest BCUT2D eigenvalue weighted by Gasteiger charge is 1.96. The van der Waals surface area contributed by atoms with E-state index in [0.29, 0.717) is 11.3 Å². The molecule has 0 spiro atoms. The summed E-state index contributed by atoms with van der Waals surface area (Å²) in [7, 11) is 0. The van der Waals surface area contributed by atoms with E-state index < -0.39 is 5.82 Å². The van der Waals surface area contributed by atoms with Gasteiger partial charge >= 0.3 is 0 Å². The maximum absolute atomic E-state index is 12.6. The fourth-order valence-electron chi connectivity index (χ4n) is 0.869. The molecule has 1 aromatic rings. The van der Waals surface area contributed by atoms with Crippen molar-refractivity contribution in [2.75, 3.05) is 5.73 Å². The maximum atomic E-state index is 12.6. The van der Waals surface area contributed by atoms with Crippen molar-refractivity contribution in [3.63, 3.8) is 0 Å². The van der Waals surface area contributed by atoms with Gasteiger partial charge in [0.15, 0.2) is 0 Å². The number of rotatable bonds is 1. The van der Waals surface area contributed by atoms with E-state index in [1.807, 2.05) is 6.07 Å². The molecule has 1 rings (SSSR count). The molecule has 0 atom stereocenters. The van der Waals surface area contributed by atoms with E-state index in [9.17, 15) is 4.39 Å². The Morgan fingerprint density at radius 2 is 2.18 bits per heavy atom. The Morgan fingerprint density at radius 1 is 1.45 bits per heavy atom. The molecule has 0 aliphatic heterocycles. The van der Waals surface area contributed by atoms with Gasteiger partial charge < -0.3 is 5.73 Å². The van der Waals surface area contributed by atoms with Gasteiger partial charge in [-0.15, -0.1) is 0 Å². The third kappa shape index (κ3) is 1.94. The molecule has 0 aliphatic rings. The van der Waals surface area contributed by atoms with E-state index in [4.69, 9.17) is 11.0 Å². The number of nitrogen functional groups attached to an aromatic ring is 1. The first-order valence-corrected chi connectivity index (χ1v) is 3.14. The topological polar surface area (TPSA) is 49.8 Å². The molecule has 11 heavy (non-hydrogen) atoms. The van der Waals surface area contributed by atoms with Crippen molar-refractivity contribution in [3.05, 3.63) is 29.6 Å². The second-order valence-electron chi connectivity index (χ2n) is 2.23. The lowest BCUT2D eigenvalue weighted by Gasteiger charge is -1.96. The van der Waals surface area contributed by atoms with E-state index in [1.54, 1.807) is 6.07 Å². The summed E-state index contributed by atoms with van der Waals surface area (Å²) >= 11 is 0. The maximum Gasteiger partial charge on any atom is 0.125 e. The molecule has 0 saturated carbocycles. The molecular formula is C8H7FN2. The SMILES string of the molecule is N#CCc1cc(N)cc(F)c1. The predicted octanol–water partition coefficient (Wildman–Crippen LogP) is 1.47. The average molecular weight is 150 g/mol. The third-order valence-corrected chi connectivity index (χ3v) is 1.26. The molecule has 0 radical (unpaired) electrons. The molecule has 3 heteroatoms. The van der Waals surface area contributed by atoms with Crippen LogP contribution >= 0.6 is 0 Å². The van der Waals surface area contributed by atoms with Crippen LogP contribution in [0.1, 0.15) is 5.56 Å². The minimum absolute atomic E-state index is 0.196. The van der Waals surface area contributed by atoms with Crippen molar-refractivity contribution in [2.45, 2.75) is 6.42 Å². The average Bonchev–Trinajstić information content (AvgIpc) is 1.85. The molecule has 0 saturated heterocycles. The van der Waals surface area contributed by atoms with Gasteiger partial charge in [0, 0.05) is 5.69 Å². The summed E-state index contributed by atoms with van der Waals surface area (Å²) in [4.78, 5) is 0. The van der Waals surface area contributed by atoms with Crippen molar-refractivity contribution in [2.24, 2.45) is 0 Å². The number of halogens is 1. The smallest absolute Gasteiger partial charge is 0.125 e. The number of nitrogens with zero attached hydrogens (tertiary/aromatic N) is 1. The molecule has 0 unspecified atom stereocenters. The van der Waals surface area contributed by atoms with Crippen LogP contribution in [0.5, 0.6) is 0 Å². The highest BCUT2D eigenvalue weighted by Crippen LogP contribution is 2.10. The molecule has 1 aromatic carbocycles. The largest absolute Gasteiger partial charge is 0.399 e. The molecule has 56 valence electrons. The molecule has 2 nitrogen and oxygen atoms in total. The zero-order valence-corrected chi connectivity index (χ0v) is 5.84. The number of hydrogen-bond donors (Lipinski definition) is 1. The van der Waals surface area contributed by atoms with E-state index in [2.05, 4.69) is 0 Å². The summed E-state index contributed by atoms with van der Waals surface area (Å²) < 4.78 is 12.6. The zero-order chi connectivity index (χ0) is 8.27. The highest BCUT2D eigenvalue weighted by molar-refractivity contribution is 5.42. The Hall–Kier alpha value is -1.56. The van der Waals surface area contributed by atoms with Crippen molar-refractivity contribution < 1.29 is 4.39 Å². The van der Waals surface area contributed by atoms with Gasteiger partial charge in [0.05, 0.1) is 12.5 Å². The third-order valence-electron chi connectivity index (χ3n) is 1.26. The van der Waals surface area contributed by atoms with Crippen LogP contribution in [-0.4, -0.2) is 0 Å². The quantitative estimate of drug-likeness (QED) is 0.616. The minimum Gasteiger partial charge on any atom is -0.399 e. The van der Waals surface area contributed by atoms with Crippen LogP contribution in [0.3, 0.4) is 0 Å². The molecule has 2 N–H and O–H groups in total. The van der Waals surface area contributed by atoms with Crippen molar-refractivity contribution in [3.8, 4) is 6.07 Å².